The largest absolute Gasteiger partial charge is 0.489 e. The predicted octanol–water partition coefficient (Wildman–Crippen LogP) is 3.84. The first-order valence-corrected chi connectivity index (χ1v) is 27.3. The van der Waals surface area contributed by atoms with Crippen molar-refractivity contribution >= 4 is 52.4 Å². The summed E-state index contributed by atoms with van der Waals surface area (Å²) in [5.41, 5.74) is 10.4. The van der Waals surface area contributed by atoms with Crippen molar-refractivity contribution in [2.24, 2.45) is 5.73 Å². The summed E-state index contributed by atoms with van der Waals surface area (Å²) in [6.07, 6.45) is 0.821. The van der Waals surface area contributed by atoms with Gasteiger partial charge in [0, 0.05) is 62.3 Å². The van der Waals surface area contributed by atoms with Crippen molar-refractivity contribution in [3.63, 3.8) is 0 Å². The number of likely N-dealkylation sites (N-methyl/N-ethyl adjacent to an activating group) is 1. The molecule has 9 N–H and O–H groups in total. The lowest BCUT2D eigenvalue weighted by Crippen LogP contribution is -2.62. The highest BCUT2D eigenvalue weighted by Gasteiger charge is 2.45. The van der Waals surface area contributed by atoms with Crippen molar-refractivity contribution in [2.45, 2.75) is 100 Å². The maximum atomic E-state index is 15.4. The van der Waals surface area contributed by atoms with E-state index in [0.717, 1.165) is 16.5 Å². The minimum absolute atomic E-state index is 0.0175. The Labute approximate surface area is 466 Å². The van der Waals surface area contributed by atoms with Gasteiger partial charge >= 0.3 is 6.09 Å². The zero-order chi connectivity index (χ0) is 56.4. The van der Waals surface area contributed by atoms with Crippen LogP contribution in [-0.4, -0.2) is 139 Å². The number of alkyl carbamates (subject to hydrolysis) is 1. The molecule has 2 aliphatic heterocycles. The van der Waals surface area contributed by atoms with Crippen molar-refractivity contribution in [1.29, 1.82) is 0 Å². The molecule has 7 amide bonds. The summed E-state index contributed by atoms with van der Waals surface area (Å²) in [6.45, 7) is 1.20. The number of nitrogens with one attached hydrogen (secondary N) is 7. The second-order valence-corrected chi connectivity index (χ2v) is 20.7. The third kappa shape index (κ3) is 16.3. The first-order chi connectivity index (χ1) is 38.8. The van der Waals surface area contributed by atoms with E-state index >= 15 is 14.4 Å². The highest BCUT2D eigenvalue weighted by atomic mass is 16.6. The molecule has 2 fully saturated rings. The lowest BCUT2D eigenvalue weighted by molar-refractivity contribution is -0.143. The number of carbonyl (C=O) groups is 7. The number of para-hydroxylation sites is 1. The lowest BCUT2D eigenvalue weighted by atomic mass is 9.99. The van der Waals surface area contributed by atoms with Crippen molar-refractivity contribution in [2.75, 3.05) is 40.3 Å². The van der Waals surface area contributed by atoms with Gasteiger partial charge in [-0.05, 0) is 85.9 Å². The fraction of sp³-hybridized carbons (Fsp3) is 0.361. The van der Waals surface area contributed by atoms with E-state index in [1.165, 1.54) is 4.90 Å². The van der Waals surface area contributed by atoms with Crippen LogP contribution in [0.1, 0.15) is 53.5 Å². The van der Waals surface area contributed by atoms with Gasteiger partial charge in [0.2, 0.25) is 35.4 Å². The topological polar surface area (TPSA) is 258 Å². The molecule has 420 valence electrons. The number of amides is 7. The van der Waals surface area contributed by atoms with Crippen LogP contribution in [-0.2, 0) is 65.8 Å². The quantitative estimate of drug-likeness (QED) is 0.0541. The Kier molecular flexibility index (Phi) is 20.4. The number of nitrogens with zero attached hydrogens (tertiary/aromatic N) is 2. The molecule has 0 spiro atoms. The zero-order valence-electron chi connectivity index (χ0n) is 45.2. The maximum Gasteiger partial charge on any atom is 0.407 e. The minimum atomic E-state index is -1.33. The Morgan fingerprint density at radius 1 is 0.600 bits per heavy atom. The SMILES string of the molecule is CN(C)CCNC(=O)O[C@@H]1C[C@H]2C(=O)N[C@@H](Cc3ccccc3)C(=O)N[C@H](Cc3c[nH]c4ccccc34)C(=O)N[C@@H](CCCCN)C(=O)N[C@@H](Cc3ccc(OCc4ccccc4)cc3)C(=O)N[C@@H](Cc3ccccc3)C(=O)N2C1. The van der Waals surface area contributed by atoms with Crippen LogP contribution in [0.5, 0.6) is 5.75 Å². The van der Waals surface area contributed by atoms with Crippen molar-refractivity contribution in [3.05, 3.63) is 174 Å². The molecule has 0 aliphatic carbocycles. The standard InChI is InChI=1S/C61H72N10O9/c1-70(2)31-30-63-61(78)80-46-36-54-59(76)68-51(32-40-16-6-3-7-17-40)56(73)67-52(35-44-37-64-48-23-13-12-22-47(44)48)58(75)65-49(24-14-15-29-62)55(72)66-50(33-42-25-27-45(28-26-42)79-39-43-20-10-5-11-21-43)57(74)69-53(60(77)71(54)38-46)34-41-18-8-4-9-19-41/h3-13,16-23,25-28,37,46,49-54,64H,14-15,24,29-36,38-39,62H2,1-2H3,(H,63,78)(H,65,75)(H,66,72)(H,67,73)(H,68,76)(H,69,74)/t46-,49+,50+,51+,52-,53+,54+/m1/s1. The van der Waals surface area contributed by atoms with Crippen molar-refractivity contribution in [1.82, 2.24) is 46.7 Å². The Bertz CT molecular complexity index is 3030. The number of fused-ring (bicyclic) bond motifs is 2. The number of ether oxygens (including phenoxy) is 2. The summed E-state index contributed by atoms with van der Waals surface area (Å²) in [5, 5.41) is 18.2. The summed E-state index contributed by atoms with van der Waals surface area (Å²) >= 11 is 0. The van der Waals surface area contributed by atoms with E-state index < -0.39 is 83.9 Å². The summed E-state index contributed by atoms with van der Waals surface area (Å²) in [4.78, 5) is 110. The second kappa shape index (κ2) is 28.4. The lowest BCUT2D eigenvalue weighted by Gasteiger charge is -2.32. The van der Waals surface area contributed by atoms with E-state index in [4.69, 9.17) is 15.2 Å². The molecule has 80 heavy (non-hydrogen) atoms. The van der Waals surface area contributed by atoms with Crippen LogP contribution in [0, 0.1) is 0 Å². The van der Waals surface area contributed by atoms with Crippen LogP contribution < -0.4 is 42.4 Å². The molecular formula is C61H72N10O9. The normalized spacial score (nSPS) is 21.3. The van der Waals surface area contributed by atoms with E-state index in [2.05, 4.69) is 36.9 Å². The van der Waals surface area contributed by atoms with Crippen LogP contribution in [0.25, 0.3) is 10.9 Å². The Hall–Kier alpha value is -8.55. The zero-order valence-corrected chi connectivity index (χ0v) is 45.2. The van der Waals surface area contributed by atoms with Gasteiger partial charge in [0.15, 0.2) is 0 Å². The van der Waals surface area contributed by atoms with Crippen LogP contribution in [0.4, 0.5) is 4.79 Å². The number of hydrogen-bond donors (Lipinski definition) is 8. The Morgan fingerprint density at radius 2 is 1.11 bits per heavy atom. The molecule has 19 heteroatoms. The number of hydrogen-bond acceptors (Lipinski definition) is 11. The van der Waals surface area contributed by atoms with Gasteiger partial charge in [0.05, 0.1) is 6.54 Å². The van der Waals surface area contributed by atoms with Gasteiger partial charge in [-0.15, -0.1) is 0 Å². The maximum absolute atomic E-state index is 15.4. The number of H-pyrrole nitrogens is 1. The van der Waals surface area contributed by atoms with Gasteiger partial charge in [0.1, 0.15) is 54.7 Å². The average Bonchev–Trinajstić information content (AvgIpc) is 4.08. The van der Waals surface area contributed by atoms with Gasteiger partial charge in [0.25, 0.3) is 0 Å². The van der Waals surface area contributed by atoms with Gasteiger partial charge < -0.3 is 61.9 Å². The summed E-state index contributed by atoms with van der Waals surface area (Å²) in [5.74, 6) is -3.60. The molecule has 5 aromatic carbocycles. The molecule has 3 heterocycles. The number of carbonyl (C=O) groups excluding carboxylic acids is 7. The average molecular weight is 1090 g/mol. The molecule has 2 saturated heterocycles. The predicted molar refractivity (Wildman–Crippen MR) is 303 cm³/mol. The number of rotatable bonds is 19. The number of aromatic nitrogens is 1. The van der Waals surface area contributed by atoms with Gasteiger partial charge in [-0.1, -0.05) is 121 Å². The third-order valence-electron chi connectivity index (χ3n) is 14.3. The molecule has 7 atom stereocenters. The van der Waals surface area contributed by atoms with E-state index in [1.54, 1.807) is 79.0 Å². The number of aromatic amines is 1. The fourth-order valence-electron chi connectivity index (χ4n) is 10.0. The van der Waals surface area contributed by atoms with E-state index in [-0.39, 0.29) is 51.6 Å². The van der Waals surface area contributed by atoms with Gasteiger partial charge in [-0.25, -0.2) is 4.79 Å². The van der Waals surface area contributed by atoms with Gasteiger partial charge in [-0.2, -0.15) is 0 Å². The first-order valence-electron chi connectivity index (χ1n) is 27.3. The summed E-state index contributed by atoms with van der Waals surface area (Å²) in [7, 11) is 3.72. The molecule has 0 radical (unpaired) electrons. The first kappa shape index (κ1) is 57.6. The van der Waals surface area contributed by atoms with E-state index in [0.29, 0.717) is 60.5 Å². The third-order valence-corrected chi connectivity index (χ3v) is 14.3. The Balaban J connectivity index is 1.18. The molecule has 2 aliphatic rings. The van der Waals surface area contributed by atoms with Crippen LogP contribution in [0.2, 0.25) is 0 Å². The minimum Gasteiger partial charge on any atom is -0.489 e. The number of benzene rings is 5. The van der Waals surface area contributed by atoms with Crippen LogP contribution >= 0.6 is 0 Å². The van der Waals surface area contributed by atoms with Crippen molar-refractivity contribution in [3.8, 4) is 5.75 Å². The molecule has 0 unspecified atom stereocenters. The molecule has 8 rings (SSSR count). The van der Waals surface area contributed by atoms with Crippen molar-refractivity contribution < 1.29 is 43.0 Å². The molecule has 19 nitrogen and oxygen atoms in total. The molecule has 1 aromatic heterocycles. The molecule has 0 bridgehead atoms. The smallest absolute Gasteiger partial charge is 0.407 e. The van der Waals surface area contributed by atoms with Gasteiger partial charge in [-0.3, -0.25) is 28.8 Å². The molecular weight excluding hydrogens is 1020 g/mol. The van der Waals surface area contributed by atoms with E-state index in [1.807, 2.05) is 85.7 Å². The highest BCUT2D eigenvalue weighted by Crippen LogP contribution is 2.25. The highest BCUT2D eigenvalue weighted by molar-refractivity contribution is 5.99. The number of nitrogens with two attached hydrogens (primary N) is 1. The number of unbranched alkanes of at least 4 members (excludes halogenated alkanes) is 1. The molecule has 0 saturated carbocycles. The molecule has 6 aromatic rings. The monoisotopic (exact) mass is 1090 g/mol. The second-order valence-electron chi connectivity index (χ2n) is 20.7. The summed E-state index contributed by atoms with van der Waals surface area (Å²) in [6, 6.07) is 34.6. The van der Waals surface area contributed by atoms with Crippen LogP contribution in [0.15, 0.2) is 146 Å². The Morgan fingerprint density at radius 3 is 1.73 bits per heavy atom. The van der Waals surface area contributed by atoms with Crippen LogP contribution in [0.3, 0.4) is 0 Å². The summed E-state index contributed by atoms with van der Waals surface area (Å²) < 4.78 is 11.9. The fourth-order valence-corrected chi connectivity index (χ4v) is 10.0. The van der Waals surface area contributed by atoms with E-state index in [9.17, 15) is 19.2 Å².